The van der Waals surface area contributed by atoms with Gasteiger partial charge in [-0.2, -0.15) is 0 Å². The van der Waals surface area contributed by atoms with Crippen molar-refractivity contribution in [1.29, 1.82) is 0 Å². The zero-order valence-corrected chi connectivity index (χ0v) is 10.5. The highest BCUT2D eigenvalue weighted by atomic mass is 32.2. The van der Waals surface area contributed by atoms with Crippen molar-refractivity contribution < 1.29 is 8.42 Å². The molecule has 0 aromatic carbocycles. The number of nitrogens with two attached hydrogens (primary N) is 1. The van der Waals surface area contributed by atoms with Gasteiger partial charge in [-0.3, -0.25) is 0 Å². The molecule has 1 fully saturated rings. The second-order valence-electron chi connectivity index (χ2n) is 4.72. The quantitative estimate of drug-likeness (QED) is 0.776. The van der Waals surface area contributed by atoms with Crippen LogP contribution in [0.4, 0.5) is 0 Å². The largest absolute Gasteiger partial charge is 0.330 e. The minimum absolute atomic E-state index is 0.197. The van der Waals surface area contributed by atoms with Crippen molar-refractivity contribution in [1.82, 2.24) is 4.31 Å². The maximum atomic E-state index is 11.9. The predicted molar refractivity (Wildman–Crippen MR) is 62.0 cm³/mol. The van der Waals surface area contributed by atoms with Crippen molar-refractivity contribution >= 4 is 10.0 Å². The topological polar surface area (TPSA) is 63.4 Å². The molecule has 0 aromatic rings. The molecule has 0 aromatic heterocycles. The highest BCUT2D eigenvalue weighted by molar-refractivity contribution is 7.89. The number of hydrogen-bond donors (Lipinski definition) is 1. The molecule has 0 amide bonds. The molecule has 2 N–H and O–H groups in total. The summed E-state index contributed by atoms with van der Waals surface area (Å²) in [6.45, 7) is 6.02. The first-order valence-electron chi connectivity index (χ1n) is 5.63. The molecular formula is C10H22N2O2S. The van der Waals surface area contributed by atoms with Gasteiger partial charge in [0.05, 0.1) is 5.75 Å². The SMILES string of the molecule is CC1CC(C)CN(S(=O)(=O)CCCN)C1. The van der Waals surface area contributed by atoms with E-state index in [0.29, 0.717) is 37.9 Å². The first kappa shape index (κ1) is 12.9. The van der Waals surface area contributed by atoms with Crippen LogP contribution in [0.15, 0.2) is 0 Å². The summed E-state index contributed by atoms with van der Waals surface area (Å²) >= 11 is 0. The highest BCUT2D eigenvalue weighted by Gasteiger charge is 2.29. The van der Waals surface area contributed by atoms with Crippen LogP contribution in [0, 0.1) is 11.8 Å². The van der Waals surface area contributed by atoms with Crippen molar-refractivity contribution in [3.63, 3.8) is 0 Å². The van der Waals surface area contributed by atoms with Gasteiger partial charge in [0.2, 0.25) is 10.0 Å². The van der Waals surface area contributed by atoms with Crippen molar-refractivity contribution in [3.8, 4) is 0 Å². The van der Waals surface area contributed by atoms with E-state index in [1.807, 2.05) is 0 Å². The van der Waals surface area contributed by atoms with Crippen molar-refractivity contribution in [2.75, 3.05) is 25.4 Å². The fourth-order valence-electron chi connectivity index (χ4n) is 2.23. The Morgan fingerprint density at radius 3 is 2.27 bits per heavy atom. The van der Waals surface area contributed by atoms with Crippen LogP contribution in [0.5, 0.6) is 0 Å². The summed E-state index contributed by atoms with van der Waals surface area (Å²) in [5, 5.41) is 0. The summed E-state index contributed by atoms with van der Waals surface area (Å²) in [7, 11) is -3.06. The van der Waals surface area contributed by atoms with E-state index in [9.17, 15) is 8.42 Å². The lowest BCUT2D eigenvalue weighted by molar-refractivity contribution is 0.222. The third-order valence-electron chi connectivity index (χ3n) is 2.84. The van der Waals surface area contributed by atoms with Gasteiger partial charge < -0.3 is 5.73 Å². The standard InChI is InChI=1S/C10H22N2O2S/c1-9-6-10(2)8-12(7-9)15(13,14)5-3-4-11/h9-10H,3-8,11H2,1-2H3. The molecule has 2 unspecified atom stereocenters. The Morgan fingerprint density at radius 2 is 1.80 bits per heavy atom. The van der Waals surface area contributed by atoms with Gasteiger partial charge in [-0.25, -0.2) is 12.7 Å². The van der Waals surface area contributed by atoms with Crippen LogP contribution < -0.4 is 5.73 Å². The monoisotopic (exact) mass is 234 g/mol. The zero-order chi connectivity index (χ0) is 11.5. The van der Waals surface area contributed by atoms with Gasteiger partial charge in [0.15, 0.2) is 0 Å². The summed E-state index contributed by atoms with van der Waals surface area (Å²) in [4.78, 5) is 0. The highest BCUT2D eigenvalue weighted by Crippen LogP contribution is 2.23. The molecule has 1 heterocycles. The van der Waals surface area contributed by atoms with Gasteiger partial charge in [-0.1, -0.05) is 13.8 Å². The lowest BCUT2D eigenvalue weighted by atomic mass is 9.94. The summed E-state index contributed by atoms with van der Waals surface area (Å²) in [6.07, 6.45) is 1.69. The fourth-order valence-corrected chi connectivity index (χ4v) is 3.98. The van der Waals surface area contributed by atoms with E-state index in [2.05, 4.69) is 13.8 Å². The normalized spacial score (nSPS) is 29.3. The van der Waals surface area contributed by atoms with Crippen molar-refractivity contribution in [2.24, 2.45) is 17.6 Å². The summed E-state index contributed by atoms with van der Waals surface area (Å²) in [5.74, 6) is 1.14. The molecule has 0 saturated carbocycles. The Bertz CT molecular complexity index is 280. The molecule has 5 heteroatoms. The molecule has 0 aliphatic carbocycles. The Hall–Kier alpha value is -0.130. The molecule has 15 heavy (non-hydrogen) atoms. The van der Waals surface area contributed by atoms with Gasteiger partial charge >= 0.3 is 0 Å². The number of rotatable bonds is 4. The van der Waals surface area contributed by atoms with Gasteiger partial charge in [0, 0.05) is 13.1 Å². The summed E-state index contributed by atoms with van der Waals surface area (Å²) in [6, 6.07) is 0. The Balaban J connectivity index is 2.61. The zero-order valence-electron chi connectivity index (χ0n) is 9.65. The fraction of sp³-hybridized carbons (Fsp3) is 1.00. The number of nitrogens with zero attached hydrogens (tertiary/aromatic N) is 1. The second-order valence-corrected chi connectivity index (χ2v) is 6.81. The number of hydrogen-bond acceptors (Lipinski definition) is 3. The van der Waals surface area contributed by atoms with Crippen LogP contribution in [-0.2, 0) is 10.0 Å². The van der Waals surface area contributed by atoms with Crippen LogP contribution in [0.25, 0.3) is 0 Å². The van der Waals surface area contributed by atoms with Gasteiger partial charge in [0.25, 0.3) is 0 Å². The molecule has 0 spiro atoms. The van der Waals surface area contributed by atoms with Crippen LogP contribution in [0.3, 0.4) is 0 Å². The van der Waals surface area contributed by atoms with E-state index in [1.165, 1.54) is 0 Å². The minimum atomic E-state index is -3.06. The number of piperidine rings is 1. The van der Waals surface area contributed by atoms with E-state index in [4.69, 9.17) is 5.73 Å². The first-order chi connectivity index (χ1) is 6.95. The molecule has 2 atom stereocenters. The Kier molecular flexibility index (Phi) is 4.55. The van der Waals surface area contributed by atoms with Gasteiger partial charge in [-0.05, 0) is 31.2 Å². The van der Waals surface area contributed by atoms with Crippen LogP contribution in [0.2, 0.25) is 0 Å². The molecular weight excluding hydrogens is 212 g/mol. The second kappa shape index (κ2) is 5.27. The molecule has 0 radical (unpaired) electrons. The van der Waals surface area contributed by atoms with Crippen LogP contribution in [-0.4, -0.2) is 38.1 Å². The Morgan fingerprint density at radius 1 is 1.27 bits per heavy atom. The third-order valence-corrected chi connectivity index (χ3v) is 4.72. The van der Waals surface area contributed by atoms with E-state index in [0.717, 1.165) is 6.42 Å². The van der Waals surface area contributed by atoms with E-state index >= 15 is 0 Å². The molecule has 1 rings (SSSR count). The van der Waals surface area contributed by atoms with Gasteiger partial charge in [0.1, 0.15) is 0 Å². The maximum absolute atomic E-state index is 11.9. The summed E-state index contributed by atoms with van der Waals surface area (Å²) in [5.41, 5.74) is 5.34. The van der Waals surface area contributed by atoms with Crippen LogP contribution in [0.1, 0.15) is 26.7 Å². The first-order valence-corrected chi connectivity index (χ1v) is 7.24. The van der Waals surface area contributed by atoms with Crippen molar-refractivity contribution in [2.45, 2.75) is 26.7 Å². The molecule has 1 aliphatic heterocycles. The minimum Gasteiger partial charge on any atom is -0.330 e. The average molecular weight is 234 g/mol. The lowest BCUT2D eigenvalue weighted by Gasteiger charge is -2.34. The molecule has 1 aliphatic rings. The Labute approximate surface area is 92.9 Å². The molecule has 90 valence electrons. The van der Waals surface area contributed by atoms with Gasteiger partial charge in [-0.15, -0.1) is 0 Å². The molecule has 0 bridgehead atoms. The van der Waals surface area contributed by atoms with E-state index < -0.39 is 10.0 Å². The van der Waals surface area contributed by atoms with E-state index in [1.54, 1.807) is 4.31 Å². The van der Waals surface area contributed by atoms with Crippen molar-refractivity contribution in [3.05, 3.63) is 0 Å². The smallest absolute Gasteiger partial charge is 0.214 e. The van der Waals surface area contributed by atoms with E-state index in [-0.39, 0.29) is 5.75 Å². The maximum Gasteiger partial charge on any atom is 0.214 e. The summed E-state index contributed by atoms with van der Waals surface area (Å²) < 4.78 is 25.5. The third kappa shape index (κ3) is 3.74. The van der Waals surface area contributed by atoms with Crippen LogP contribution >= 0.6 is 0 Å². The molecule has 1 saturated heterocycles. The average Bonchev–Trinajstić information content (AvgIpc) is 2.13. The molecule has 4 nitrogen and oxygen atoms in total. The number of sulfonamides is 1. The predicted octanol–water partition coefficient (Wildman–Crippen LogP) is 0.643. The lowest BCUT2D eigenvalue weighted by Crippen LogP contribution is -2.43.